The van der Waals surface area contributed by atoms with Gasteiger partial charge in [-0.2, -0.15) is 0 Å². The van der Waals surface area contributed by atoms with E-state index in [4.69, 9.17) is 4.74 Å². The predicted molar refractivity (Wildman–Crippen MR) is 125 cm³/mol. The molecule has 0 aliphatic carbocycles. The number of benzene rings is 1. The second-order valence-electron chi connectivity index (χ2n) is 7.04. The largest absolute Gasteiger partial charge is 0.489 e. The van der Waals surface area contributed by atoms with Gasteiger partial charge in [0.2, 0.25) is 10.0 Å². The van der Waals surface area contributed by atoms with E-state index in [9.17, 15) is 12.8 Å². The first kappa shape index (κ1) is 25.9. The fraction of sp³-hybridized carbons (Fsp3) is 0.632. The van der Waals surface area contributed by atoms with Gasteiger partial charge in [-0.1, -0.05) is 13.0 Å². The van der Waals surface area contributed by atoms with E-state index in [-0.39, 0.29) is 35.9 Å². The third-order valence-corrected chi connectivity index (χ3v) is 6.18. The third kappa shape index (κ3) is 9.04. The highest BCUT2D eigenvalue weighted by Crippen LogP contribution is 2.18. The standard InChI is InChI=1S/C19H31FN4O3S.HI/c1-4-17(27-18-7-5-6-16(20)12-18)14-23-19(21-2)22-13-15-8-10-24(11-9-15)28(3,25)26;/h5-7,12,15,17H,4,8-11,13-14H2,1-3H3,(H2,21,22,23);1H. The molecule has 1 heterocycles. The van der Waals surface area contributed by atoms with Crippen LogP contribution in [0.25, 0.3) is 0 Å². The van der Waals surface area contributed by atoms with Crippen LogP contribution in [-0.2, 0) is 10.0 Å². The second kappa shape index (κ2) is 12.5. The molecule has 10 heteroatoms. The van der Waals surface area contributed by atoms with Gasteiger partial charge in [-0.3, -0.25) is 4.99 Å². The number of hydrogen-bond donors (Lipinski definition) is 2. The molecule has 0 amide bonds. The van der Waals surface area contributed by atoms with E-state index in [1.165, 1.54) is 22.7 Å². The van der Waals surface area contributed by atoms with E-state index < -0.39 is 10.0 Å². The summed E-state index contributed by atoms with van der Waals surface area (Å²) in [7, 11) is -1.39. The van der Waals surface area contributed by atoms with Crippen molar-refractivity contribution in [2.24, 2.45) is 10.9 Å². The van der Waals surface area contributed by atoms with E-state index in [0.29, 0.717) is 37.3 Å². The van der Waals surface area contributed by atoms with Crippen molar-refractivity contribution in [2.75, 3.05) is 39.5 Å². The van der Waals surface area contributed by atoms with Gasteiger partial charge in [0.25, 0.3) is 0 Å². The zero-order valence-electron chi connectivity index (χ0n) is 17.2. The molecule has 1 fully saturated rings. The van der Waals surface area contributed by atoms with Gasteiger partial charge in [-0.25, -0.2) is 17.1 Å². The molecule has 1 aliphatic heterocycles. The Hall–Kier alpha value is -1.14. The van der Waals surface area contributed by atoms with Crippen LogP contribution in [0.5, 0.6) is 5.75 Å². The minimum absolute atomic E-state index is 0. The second-order valence-corrected chi connectivity index (χ2v) is 9.03. The average Bonchev–Trinajstić information content (AvgIpc) is 2.66. The fourth-order valence-electron chi connectivity index (χ4n) is 3.12. The summed E-state index contributed by atoms with van der Waals surface area (Å²) in [6.45, 7) is 4.42. The van der Waals surface area contributed by atoms with Crippen LogP contribution < -0.4 is 15.4 Å². The number of piperidine rings is 1. The summed E-state index contributed by atoms with van der Waals surface area (Å²) in [6, 6.07) is 6.12. The summed E-state index contributed by atoms with van der Waals surface area (Å²) in [6.07, 6.45) is 3.57. The maximum atomic E-state index is 13.3. The lowest BCUT2D eigenvalue weighted by Gasteiger charge is -2.30. The maximum Gasteiger partial charge on any atom is 0.211 e. The van der Waals surface area contributed by atoms with Crippen molar-refractivity contribution in [3.05, 3.63) is 30.1 Å². The lowest BCUT2D eigenvalue weighted by atomic mass is 9.98. The molecule has 2 N–H and O–H groups in total. The van der Waals surface area contributed by atoms with Crippen LogP contribution in [0.2, 0.25) is 0 Å². The molecule has 29 heavy (non-hydrogen) atoms. The van der Waals surface area contributed by atoms with Crippen LogP contribution in [-0.4, -0.2) is 64.3 Å². The molecule has 1 saturated heterocycles. The number of guanidine groups is 1. The Morgan fingerprint density at radius 1 is 1.34 bits per heavy atom. The molecule has 1 unspecified atom stereocenters. The maximum absolute atomic E-state index is 13.3. The number of ether oxygens (including phenoxy) is 1. The highest BCUT2D eigenvalue weighted by Gasteiger charge is 2.24. The lowest BCUT2D eigenvalue weighted by Crippen LogP contribution is -2.46. The Morgan fingerprint density at radius 3 is 2.59 bits per heavy atom. The molecule has 1 aromatic rings. The number of aliphatic imine (C=N–C) groups is 1. The lowest BCUT2D eigenvalue weighted by molar-refractivity contribution is 0.198. The Morgan fingerprint density at radius 2 is 2.03 bits per heavy atom. The molecule has 0 bridgehead atoms. The highest BCUT2D eigenvalue weighted by molar-refractivity contribution is 14.0. The first-order chi connectivity index (χ1) is 13.3. The zero-order chi connectivity index (χ0) is 20.6. The first-order valence-corrected chi connectivity index (χ1v) is 11.5. The van der Waals surface area contributed by atoms with Crippen LogP contribution in [0.15, 0.2) is 29.3 Å². The molecule has 7 nitrogen and oxygen atoms in total. The summed E-state index contributed by atoms with van der Waals surface area (Å²) in [5, 5.41) is 6.54. The smallest absolute Gasteiger partial charge is 0.211 e. The number of hydrogen-bond acceptors (Lipinski definition) is 4. The Bertz CT molecular complexity index is 756. The molecule has 2 rings (SSSR count). The summed E-state index contributed by atoms with van der Waals surface area (Å²) in [5.74, 6) is 1.27. The monoisotopic (exact) mass is 542 g/mol. The van der Waals surface area contributed by atoms with Crippen LogP contribution in [0.1, 0.15) is 26.2 Å². The molecular weight excluding hydrogens is 510 g/mol. The zero-order valence-corrected chi connectivity index (χ0v) is 20.4. The van der Waals surface area contributed by atoms with Crippen molar-refractivity contribution >= 4 is 40.0 Å². The summed E-state index contributed by atoms with van der Waals surface area (Å²) in [4.78, 5) is 4.23. The Balaban J connectivity index is 0.00000420. The van der Waals surface area contributed by atoms with Gasteiger partial charge in [0.1, 0.15) is 17.7 Å². The predicted octanol–water partition coefficient (Wildman–Crippen LogP) is 2.44. The van der Waals surface area contributed by atoms with Gasteiger partial charge in [0.05, 0.1) is 12.8 Å². The molecule has 1 atom stereocenters. The third-order valence-electron chi connectivity index (χ3n) is 4.88. The van der Waals surface area contributed by atoms with Crippen LogP contribution in [0.4, 0.5) is 4.39 Å². The van der Waals surface area contributed by atoms with Gasteiger partial charge in [0, 0.05) is 32.7 Å². The summed E-state index contributed by atoms with van der Waals surface area (Å²) >= 11 is 0. The van der Waals surface area contributed by atoms with Gasteiger partial charge < -0.3 is 15.4 Å². The van der Waals surface area contributed by atoms with E-state index in [0.717, 1.165) is 25.8 Å². The summed E-state index contributed by atoms with van der Waals surface area (Å²) < 4.78 is 43.8. The quantitative estimate of drug-likeness (QED) is 0.300. The van der Waals surface area contributed by atoms with Crippen LogP contribution in [0.3, 0.4) is 0 Å². The summed E-state index contributed by atoms with van der Waals surface area (Å²) in [5.41, 5.74) is 0. The van der Waals surface area contributed by atoms with Crippen molar-refractivity contribution in [2.45, 2.75) is 32.3 Å². The molecule has 0 saturated carbocycles. The number of nitrogens with zero attached hydrogens (tertiary/aromatic N) is 2. The average molecular weight is 542 g/mol. The molecule has 0 radical (unpaired) electrons. The molecule has 0 spiro atoms. The highest BCUT2D eigenvalue weighted by atomic mass is 127. The van der Waals surface area contributed by atoms with E-state index in [1.807, 2.05) is 6.92 Å². The molecule has 1 aliphatic rings. The van der Waals surface area contributed by atoms with Crippen molar-refractivity contribution in [1.82, 2.24) is 14.9 Å². The number of halogens is 2. The van der Waals surface area contributed by atoms with Crippen LogP contribution >= 0.6 is 24.0 Å². The van der Waals surface area contributed by atoms with Gasteiger partial charge in [-0.15, -0.1) is 24.0 Å². The number of sulfonamides is 1. The van der Waals surface area contributed by atoms with Gasteiger partial charge >= 0.3 is 0 Å². The normalized spacial score (nSPS) is 17.3. The molecule has 1 aromatic carbocycles. The van der Waals surface area contributed by atoms with Crippen molar-refractivity contribution in [1.29, 1.82) is 0 Å². The minimum atomic E-state index is -3.10. The SMILES string of the molecule is CCC(CNC(=NC)NCC1CCN(S(C)(=O)=O)CC1)Oc1cccc(F)c1.I. The molecule has 0 aromatic heterocycles. The van der Waals surface area contributed by atoms with E-state index >= 15 is 0 Å². The van der Waals surface area contributed by atoms with E-state index in [1.54, 1.807) is 19.2 Å². The van der Waals surface area contributed by atoms with Gasteiger partial charge in [-0.05, 0) is 37.3 Å². The van der Waals surface area contributed by atoms with Crippen LogP contribution in [0, 0.1) is 11.7 Å². The molecule has 166 valence electrons. The fourth-order valence-corrected chi connectivity index (χ4v) is 3.99. The van der Waals surface area contributed by atoms with E-state index in [2.05, 4.69) is 15.6 Å². The van der Waals surface area contributed by atoms with Crippen molar-refractivity contribution < 1.29 is 17.5 Å². The Labute approximate surface area is 190 Å². The van der Waals surface area contributed by atoms with Crippen molar-refractivity contribution in [3.8, 4) is 5.75 Å². The minimum Gasteiger partial charge on any atom is -0.489 e. The first-order valence-electron chi connectivity index (χ1n) is 9.63. The molecular formula is C19H32FIN4O3S. The van der Waals surface area contributed by atoms with Gasteiger partial charge in [0.15, 0.2) is 5.96 Å². The Kier molecular flexibility index (Phi) is 11.2. The topological polar surface area (TPSA) is 83.0 Å². The van der Waals surface area contributed by atoms with Crippen molar-refractivity contribution in [3.63, 3.8) is 0 Å². The number of nitrogens with one attached hydrogen (secondary N) is 2. The number of rotatable bonds is 8.